The summed E-state index contributed by atoms with van der Waals surface area (Å²) in [6.07, 6.45) is 1.31. The number of aliphatic carboxylic acids is 3. The standard InChI is InChI=1S/C26H33N5O6S/c27-13-20-4-3-5-21(29-20)14-31(17-26(36)37)22(12-19-7-9-23(10-8-19)38-18-28)15-30(16-25(34)35)11-2-1-6-24(32)33/h3-5,7-10,22H,1-2,6,11-17,27H2,(H,32,33)(H,34,35)(H,36,37)/t22-/m0/s1. The topological polar surface area (TPSA) is 181 Å². The van der Waals surface area contributed by atoms with Crippen LogP contribution >= 0.6 is 11.8 Å². The van der Waals surface area contributed by atoms with Gasteiger partial charge in [-0.3, -0.25) is 29.2 Å². The molecule has 1 heterocycles. The molecule has 38 heavy (non-hydrogen) atoms. The maximum absolute atomic E-state index is 11.9. The fraction of sp³-hybridized carbons (Fsp3) is 0.423. The number of rotatable bonds is 18. The third-order valence-corrected chi connectivity index (χ3v) is 6.39. The quantitative estimate of drug-likeness (QED) is 0.122. The number of nitrogens with two attached hydrogens (primary N) is 1. The third-order valence-electron chi connectivity index (χ3n) is 5.79. The van der Waals surface area contributed by atoms with Crippen LogP contribution in [0.4, 0.5) is 0 Å². The lowest BCUT2D eigenvalue weighted by Gasteiger charge is -2.34. The number of carbonyl (C=O) groups is 3. The van der Waals surface area contributed by atoms with Crippen molar-refractivity contribution < 1.29 is 29.7 Å². The van der Waals surface area contributed by atoms with Gasteiger partial charge < -0.3 is 21.1 Å². The smallest absolute Gasteiger partial charge is 0.317 e. The molecule has 5 N–H and O–H groups in total. The first-order valence-electron chi connectivity index (χ1n) is 12.1. The van der Waals surface area contributed by atoms with E-state index in [4.69, 9.17) is 16.1 Å². The molecule has 0 aliphatic rings. The minimum atomic E-state index is -1.03. The predicted octanol–water partition coefficient (Wildman–Crippen LogP) is 2.25. The second kappa shape index (κ2) is 16.4. The molecule has 0 saturated heterocycles. The van der Waals surface area contributed by atoms with Crippen LogP contribution in [0.2, 0.25) is 0 Å². The molecule has 2 rings (SSSR count). The van der Waals surface area contributed by atoms with Crippen molar-refractivity contribution in [3.63, 3.8) is 0 Å². The van der Waals surface area contributed by atoms with E-state index in [1.165, 1.54) is 0 Å². The summed E-state index contributed by atoms with van der Waals surface area (Å²) in [5, 5.41) is 39.0. The molecule has 0 unspecified atom stereocenters. The zero-order chi connectivity index (χ0) is 27.9. The molecular formula is C26H33N5O6S. The highest BCUT2D eigenvalue weighted by Crippen LogP contribution is 2.20. The van der Waals surface area contributed by atoms with Gasteiger partial charge in [0.25, 0.3) is 0 Å². The lowest BCUT2D eigenvalue weighted by atomic mass is 10.0. The highest BCUT2D eigenvalue weighted by Gasteiger charge is 2.25. The maximum Gasteiger partial charge on any atom is 0.317 e. The molecule has 2 aromatic rings. The predicted molar refractivity (Wildman–Crippen MR) is 141 cm³/mol. The summed E-state index contributed by atoms with van der Waals surface area (Å²) in [5.74, 6) is -2.97. The molecule has 0 aliphatic carbocycles. The SMILES string of the molecule is N#CSc1ccc(C[C@@H](CN(CCCCC(=O)O)CC(=O)O)N(CC(=O)O)Cc2cccc(CN)n2)cc1. The Kier molecular flexibility index (Phi) is 13.2. The minimum Gasteiger partial charge on any atom is -0.481 e. The van der Waals surface area contributed by atoms with Gasteiger partial charge in [-0.2, -0.15) is 5.26 Å². The molecule has 0 bridgehead atoms. The molecule has 0 aliphatic heterocycles. The number of hydrogen-bond donors (Lipinski definition) is 4. The van der Waals surface area contributed by atoms with Gasteiger partial charge in [0.1, 0.15) is 5.40 Å². The van der Waals surface area contributed by atoms with Crippen LogP contribution in [0.3, 0.4) is 0 Å². The molecule has 204 valence electrons. The van der Waals surface area contributed by atoms with Crippen molar-refractivity contribution in [1.82, 2.24) is 14.8 Å². The normalized spacial score (nSPS) is 11.8. The highest BCUT2D eigenvalue weighted by molar-refractivity contribution is 8.03. The van der Waals surface area contributed by atoms with Crippen LogP contribution in [0.5, 0.6) is 0 Å². The second-order valence-corrected chi connectivity index (χ2v) is 9.66. The van der Waals surface area contributed by atoms with E-state index in [1.54, 1.807) is 21.9 Å². The molecule has 0 saturated carbocycles. The Morgan fingerprint density at radius 2 is 1.66 bits per heavy atom. The van der Waals surface area contributed by atoms with E-state index in [9.17, 15) is 24.6 Å². The van der Waals surface area contributed by atoms with Crippen molar-refractivity contribution >= 4 is 29.7 Å². The number of nitriles is 1. The summed E-state index contributed by atoms with van der Waals surface area (Å²) in [6, 6.07) is 12.4. The number of benzene rings is 1. The van der Waals surface area contributed by atoms with Gasteiger partial charge in [0, 0.05) is 37.0 Å². The van der Waals surface area contributed by atoms with E-state index < -0.39 is 23.9 Å². The van der Waals surface area contributed by atoms with Gasteiger partial charge in [0.05, 0.1) is 24.5 Å². The molecule has 12 heteroatoms. The molecule has 0 fully saturated rings. The van der Waals surface area contributed by atoms with Crippen molar-refractivity contribution in [2.24, 2.45) is 5.73 Å². The average Bonchev–Trinajstić information content (AvgIpc) is 2.86. The number of carboxylic acid groups (broad SMARTS) is 3. The first-order valence-corrected chi connectivity index (χ1v) is 12.9. The molecule has 0 amide bonds. The Bertz CT molecular complexity index is 1110. The zero-order valence-electron chi connectivity index (χ0n) is 21.0. The average molecular weight is 544 g/mol. The Morgan fingerprint density at radius 1 is 0.974 bits per heavy atom. The number of thiocyanates is 1. The molecule has 0 spiro atoms. The fourth-order valence-corrected chi connectivity index (χ4v) is 4.47. The fourth-order valence-electron chi connectivity index (χ4n) is 4.09. The molecular weight excluding hydrogens is 510 g/mol. The van der Waals surface area contributed by atoms with Gasteiger partial charge in [-0.1, -0.05) is 18.2 Å². The highest BCUT2D eigenvalue weighted by atomic mass is 32.2. The third kappa shape index (κ3) is 11.7. The van der Waals surface area contributed by atoms with Gasteiger partial charge >= 0.3 is 17.9 Å². The van der Waals surface area contributed by atoms with Gasteiger partial charge in [-0.25, -0.2) is 0 Å². The van der Waals surface area contributed by atoms with Crippen LogP contribution in [-0.2, 0) is 33.9 Å². The van der Waals surface area contributed by atoms with Gasteiger partial charge in [0.2, 0.25) is 0 Å². The molecule has 1 aromatic heterocycles. The Morgan fingerprint density at radius 3 is 2.26 bits per heavy atom. The van der Waals surface area contributed by atoms with E-state index in [-0.39, 0.29) is 39.1 Å². The molecule has 11 nitrogen and oxygen atoms in total. The Hall–Kier alpha value is -3.50. The number of aromatic nitrogens is 1. The van der Waals surface area contributed by atoms with Crippen LogP contribution in [0.1, 0.15) is 36.2 Å². The first kappa shape index (κ1) is 30.7. The van der Waals surface area contributed by atoms with Crippen molar-refractivity contribution in [3.8, 4) is 5.40 Å². The van der Waals surface area contributed by atoms with Crippen LogP contribution < -0.4 is 5.73 Å². The van der Waals surface area contributed by atoms with Gasteiger partial charge in [-0.15, -0.1) is 0 Å². The van der Waals surface area contributed by atoms with Crippen LogP contribution in [0.15, 0.2) is 47.4 Å². The number of thioether (sulfide) groups is 1. The van der Waals surface area contributed by atoms with Crippen LogP contribution in [-0.4, -0.2) is 80.2 Å². The van der Waals surface area contributed by atoms with E-state index in [2.05, 4.69) is 4.98 Å². The van der Waals surface area contributed by atoms with E-state index in [1.807, 2.05) is 35.7 Å². The van der Waals surface area contributed by atoms with E-state index in [0.717, 1.165) is 22.2 Å². The van der Waals surface area contributed by atoms with E-state index in [0.29, 0.717) is 37.2 Å². The molecule has 1 atom stereocenters. The minimum absolute atomic E-state index is 0.00824. The van der Waals surface area contributed by atoms with E-state index >= 15 is 0 Å². The lowest BCUT2D eigenvalue weighted by Crippen LogP contribution is -2.48. The van der Waals surface area contributed by atoms with Crippen LogP contribution in [0.25, 0.3) is 0 Å². The van der Waals surface area contributed by atoms with Gasteiger partial charge in [0.15, 0.2) is 0 Å². The van der Waals surface area contributed by atoms with Crippen molar-refractivity contribution in [2.75, 3.05) is 26.2 Å². The molecule has 1 aromatic carbocycles. The summed E-state index contributed by atoms with van der Waals surface area (Å²) in [4.78, 5) is 43.1. The zero-order valence-corrected chi connectivity index (χ0v) is 21.8. The number of unbranched alkanes of at least 4 members (excludes halogenated alkanes) is 1. The summed E-state index contributed by atoms with van der Waals surface area (Å²) >= 11 is 1.04. The summed E-state index contributed by atoms with van der Waals surface area (Å²) in [7, 11) is 0. The number of carboxylic acids is 3. The van der Waals surface area contributed by atoms with Crippen molar-refractivity contribution in [3.05, 3.63) is 59.4 Å². The van der Waals surface area contributed by atoms with Gasteiger partial charge in [-0.05, 0) is 67.4 Å². The monoisotopic (exact) mass is 543 g/mol. The lowest BCUT2D eigenvalue weighted by molar-refractivity contribution is -0.141. The van der Waals surface area contributed by atoms with Crippen LogP contribution in [0, 0.1) is 10.7 Å². The molecule has 0 radical (unpaired) electrons. The maximum atomic E-state index is 11.9. The Balaban J connectivity index is 2.35. The first-order chi connectivity index (χ1) is 18.2. The summed E-state index contributed by atoms with van der Waals surface area (Å²) in [6.45, 7) is 0.511. The summed E-state index contributed by atoms with van der Waals surface area (Å²) in [5.41, 5.74) is 7.94. The largest absolute Gasteiger partial charge is 0.481 e. The number of pyridine rings is 1. The van der Waals surface area contributed by atoms with Crippen molar-refractivity contribution in [2.45, 2.75) is 49.7 Å². The second-order valence-electron chi connectivity index (χ2n) is 8.80. The number of hydrogen-bond acceptors (Lipinski definition) is 9. The van der Waals surface area contributed by atoms with Crippen molar-refractivity contribution in [1.29, 1.82) is 5.26 Å². The Labute approximate surface area is 225 Å². The summed E-state index contributed by atoms with van der Waals surface area (Å²) < 4.78 is 0. The number of nitrogens with zero attached hydrogens (tertiary/aromatic N) is 4.